The number of fused-ring (bicyclic) bond motifs is 1. The van der Waals surface area contributed by atoms with Gasteiger partial charge in [0.25, 0.3) is 0 Å². The number of methoxy groups -OCH3 is 1. The predicted octanol–water partition coefficient (Wildman–Crippen LogP) is 3.80. The van der Waals surface area contributed by atoms with Gasteiger partial charge in [-0.05, 0) is 29.8 Å². The van der Waals surface area contributed by atoms with Crippen LogP contribution in [0.1, 0.15) is 5.56 Å². The highest BCUT2D eigenvalue weighted by atomic mass is 35.5. The first-order chi connectivity index (χ1) is 11.7. The maximum Gasteiger partial charge on any atom is 0.197 e. The summed E-state index contributed by atoms with van der Waals surface area (Å²) in [5.41, 5.74) is 2.34. The van der Waals surface area contributed by atoms with Crippen LogP contribution in [0, 0.1) is 0 Å². The summed E-state index contributed by atoms with van der Waals surface area (Å²) in [7, 11) is 1.65. The molecule has 0 spiro atoms. The standard InChI is InChI=1S/C17H13ClN4O2/c1-23-12-6-4-11(5-7-12)9-22-10-13-15(21-22)16(18)20-17(19-13)14-3-2-8-24-14/h2-8,10H,9H2,1H3. The molecule has 3 aromatic heterocycles. The molecular weight excluding hydrogens is 328 g/mol. The summed E-state index contributed by atoms with van der Waals surface area (Å²) in [5.74, 6) is 1.84. The van der Waals surface area contributed by atoms with E-state index in [4.69, 9.17) is 20.8 Å². The fourth-order valence-corrected chi connectivity index (χ4v) is 2.65. The lowest BCUT2D eigenvalue weighted by Crippen LogP contribution is -1.99. The Hall–Kier alpha value is -2.86. The molecule has 0 aliphatic rings. The SMILES string of the molecule is COc1ccc(Cn2cc3nc(-c4ccco4)nc(Cl)c3n2)cc1. The number of benzene rings is 1. The number of ether oxygens (including phenoxy) is 1. The summed E-state index contributed by atoms with van der Waals surface area (Å²) in [6, 6.07) is 11.4. The van der Waals surface area contributed by atoms with E-state index in [9.17, 15) is 0 Å². The minimum absolute atomic E-state index is 0.305. The normalized spacial score (nSPS) is 11.1. The molecule has 0 amide bonds. The van der Waals surface area contributed by atoms with Crippen molar-refractivity contribution in [2.24, 2.45) is 0 Å². The second kappa shape index (κ2) is 5.98. The van der Waals surface area contributed by atoms with Crippen molar-refractivity contribution in [3.8, 4) is 17.3 Å². The van der Waals surface area contributed by atoms with Gasteiger partial charge in [-0.25, -0.2) is 9.97 Å². The molecule has 3 heterocycles. The zero-order valence-corrected chi connectivity index (χ0v) is 13.6. The number of halogens is 1. The van der Waals surface area contributed by atoms with Crippen LogP contribution in [0.25, 0.3) is 22.6 Å². The maximum absolute atomic E-state index is 6.25. The van der Waals surface area contributed by atoms with Crippen LogP contribution >= 0.6 is 11.6 Å². The Kier molecular flexibility index (Phi) is 3.66. The highest BCUT2D eigenvalue weighted by Crippen LogP contribution is 2.24. The highest BCUT2D eigenvalue weighted by Gasteiger charge is 2.13. The predicted molar refractivity (Wildman–Crippen MR) is 90.1 cm³/mol. The van der Waals surface area contributed by atoms with Crippen molar-refractivity contribution in [1.82, 2.24) is 19.7 Å². The van der Waals surface area contributed by atoms with Crippen molar-refractivity contribution in [2.75, 3.05) is 7.11 Å². The molecule has 0 bridgehead atoms. The van der Waals surface area contributed by atoms with Crippen LogP contribution in [0.15, 0.2) is 53.3 Å². The van der Waals surface area contributed by atoms with Gasteiger partial charge in [-0.1, -0.05) is 23.7 Å². The summed E-state index contributed by atoms with van der Waals surface area (Å²) in [6.07, 6.45) is 3.42. The first-order valence-electron chi connectivity index (χ1n) is 7.30. The van der Waals surface area contributed by atoms with Crippen molar-refractivity contribution in [3.63, 3.8) is 0 Å². The Balaban J connectivity index is 1.68. The van der Waals surface area contributed by atoms with Crippen LogP contribution in [0.2, 0.25) is 5.15 Å². The molecule has 7 heteroatoms. The number of hydrogen-bond donors (Lipinski definition) is 0. The number of aromatic nitrogens is 4. The van der Waals surface area contributed by atoms with Crippen LogP contribution in [0.4, 0.5) is 0 Å². The van der Waals surface area contributed by atoms with Gasteiger partial charge in [0.15, 0.2) is 16.7 Å². The quantitative estimate of drug-likeness (QED) is 0.529. The Morgan fingerprint density at radius 3 is 2.71 bits per heavy atom. The van der Waals surface area contributed by atoms with Gasteiger partial charge in [0.1, 0.15) is 16.8 Å². The van der Waals surface area contributed by atoms with Gasteiger partial charge in [0, 0.05) is 0 Å². The van der Waals surface area contributed by atoms with Crippen molar-refractivity contribution >= 4 is 22.6 Å². The fourth-order valence-electron chi connectivity index (χ4n) is 2.44. The zero-order chi connectivity index (χ0) is 16.5. The number of rotatable bonds is 4. The summed E-state index contributed by atoms with van der Waals surface area (Å²) in [4.78, 5) is 8.73. The third kappa shape index (κ3) is 2.72. The number of nitrogens with zero attached hydrogens (tertiary/aromatic N) is 4. The van der Waals surface area contributed by atoms with E-state index < -0.39 is 0 Å². The first kappa shape index (κ1) is 14.7. The topological polar surface area (TPSA) is 66.0 Å². The first-order valence-corrected chi connectivity index (χ1v) is 7.68. The van der Waals surface area contributed by atoms with Gasteiger partial charge in [-0.2, -0.15) is 5.10 Å². The average Bonchev–Trinajstić information content (AvgIpc) is 3.25. The molecule has 0 fully saturated rings. The minimum atomic E-state index is 0.305. The molecular formula is C17H13ClN4O2. The van der Waals surface area contributed by atoms with E-state index in [1.807, 2.05) is 30.5 Å². The fraction of sp³-hybridized carbons (Fsp3) is 0.118. The van der Waals surface area contributed by atoms with Gasteiger partial charge in [0.05, 0.1) is 26.1 Å². The molecule has 0 radical (unpaired) electrons. The summed E-state index contributed by atoms with van der Waals surface area (Å²) in [5, 5.41) is 4.78. The third-order valence-corrected chi connectivity index (χ3v) is 3.88. The van der Waals surface area contributed by atoms with Crippen molar-refractivity contribution in [2.45, 2.75) is 6.54 Å². The molecule has 0 N–H and O–H groups in total. The summed E-state index contributed by atoms with van der Waals surface area (Å²) < 4.78 is 12.3. The lowest BCUT2D eigenvalue weighted by Gasteiger charge is -2.03. The molecule has 4 rings (SSSR count). The lowest BCUT2D eigenvalue weighted by atomic mass is 10.2. The molecule has 4 aromatic rings. The second-order valence-corrected chi connectivity index (χ2v) is 5.58. The highest BCUT2D eigenvalue weighted by molar-refractivity contribution is 6.33. The molecule has 0 saturated heterocycles. The van der Waals surface area contributed by atoms with E-state index >= 15 is 0 Å². The van der Waals surface area contributed by atoms with E-state index in [-0.39, 0.29) is 0 Å². The Morgan fingerprint density at radius 2 is 2.00 bits per heavy atom. The van der Waals surface area contributed by atoms with Crippen LogP contribution in [0.5, 0.6) is 5.75 Å². The van der Waals surface area contributed by atoms with Crippen molar-refractivity contribution in [3.05, 3.63) is 59.6 Å². The van der Waals surface area contributed by atoms with E-state index in [2.05, 4.69) is 15.1 Å². The van der Waals surface area contributed by atoms with Crippen LogP contribution in [-0.2, 0) is 6.54 Å². The Bertz CT molecular complexity index is 978. The molecule has 0 atom stereocenters. The molecule has 0 saturated carbocycles. The number of furan rings is 1. The molecule has 0 unspecified atom stereocenters. The van der Waals surface area contributed by atoms with Gasteiger partial charge in [-0.15, -0.1) is 0 Å². The van der Waals surface area contributed by atoms with E-state index in [1.165, 1.54) is 0 Å². The van der Waals surface area contributed by atoms with Crippen LogP contribution in [-0.4, -0.2) is 26.9 Å². The van der Waals surface area contributed by atoms with Crippen LogP contribution < -0.4 is 4.74 Å². The van der Waals surface area contributed by atoms with E-state index in [0.29, 0.717) is 34.3 Å². The van der Waals surface area contributed by atoms with Gasteiger partial charge < -0.3 is 9.15 Å². The molecule has 0 aliphatic heterocycles. The van der Waals surface area contributed by atoms with Gasteiger partial charge in [-0.3, -0.25) is 4.68 Å². The average molecular weight is 341 g/mol. The molecule has 120 valence electrons. The van der Waals surface area contributed by atoms with Crippen molar-refractivity contribution < 1.29 is 9.15 Å². The smallest absolute Gasteiger partial charge is 0.197 e. The maximum atomic E-state index is 6.25. The Labute approximate surface area is 142 Å². The molecule has 1 aromatic carbocycles. The lowest BCUT2D eigenvalue weighted by molar-refractivity contribution is 0.414. The van der Waals surface area contributed by atoms with Gasteiger partial charge in [0.2, 0.25) is 0 Å². The second-order valence-electron chi connectivity index (χ2n) is 5.22. The largest absolute Gasteiger partial charge is 0.497 e. The monoisotopic (exact) mass is 340 g/mol. The third-order valence-electron chi connectivity index (χ3n) is 3.61. The van der Waals surface area contributed by atoms with Crippen LogP contribution in [0.3, 0.4) is 0 Å². The van der Waals surface area contributed by atoms with Crippen molar-refractivity contribution in [1.29, 1.82) is 0 Å². The molecule has 0 aliphatic carbocycles. The molecule has 6 nitrogen and oxygen atoms in total. The Morgan fingerprint density at radius 1 is 1.17 bits per heavy atom. The van der Waals surface area contributed by atoms with E-state index in [1.54, 1.807) is 30.2 Å². The van der Waals surface area contributed by atoms with E-state index in [0.717, 1.165) is 11.3 Å². The zero-order valence-electron chi connectivity index (χ0n) is 12.8. The minimum Gasteiger partial charge on any atom is -0.497 e. The summed E-state index contributed by atoms with van der Waals surface area (Å²) >= 11 is 6.25. The summed E-state index contributed by atoms with van der Waals surface area (Å²) in [6.45, 7) is 0.604. The van der Waals surface area contributed by atoms with Gasteiger partial charge >= 0.3 is 0 Å². The number of hydrogen-bond acceptors (Lipinski definition) is 5. The molecule has 24 heavy (non-hydrogen) atoms.